The molecule has 20 heavy (non-hydrogen) atoms. The summed E-state index contributed by atoms with van der Waals surface area (Å²) in [7, 11) is 0. The topological polar surface area (TPSA) is 84.2 Å². The van der Waals surface area contributed by atoms with E-state index in [-0.39, 0.29) is 18.4 Å². The van der Waals surface area contributed by atoms with Crippen LogP contribution in [0, 0.1) is 11.2 Å². The highest BCUT2D eigenvalue weighted by Gasteiger charge is 2.25. The van der Waals surface area contributed by atoms with Crippen molar-refractivity contribution in [3.63, 3.8) is 0 Å². The van der Waals surface area contributed by atoms with Crippen molar-refractivity contribution in [1.82, 2.24) is 10.6 Å². The number of nitrogens with one attached hydrogen (secondary N) is 2. The average Bonchev–Trinajstić information content (AvgIpc) is 2.36. The average molecular weight is 281 g/mol. The number of rotatable bonds is 6. The van der Waals surface area contributed by atoms with Gasteiger partial charge in [0.05, 0.1) is 5.41 Å². The fraction of sp³-hybridized carbons (Fsp3) is 0.429. The number of hydrogen-bond donors (Lipinski definition) is 3. The largest absolute Gasteiger partial charge is 0.369 e. The van der Waals surface area contributed by atoms with Crippen LogP contribution in [0.15, 0.2) is 24.3 Å². The van der Waals surface area contributed by atoms with Crippen LogP contribution in [-0.2, 0) is 11.2 Å². The van der Waals surface area contributed by atoms with E-state index in [2.05, 4.69) is 10.6 Å². The van der Waals surface area contributed by atoms with Gasteiger partial charge in [0.25, 0.3) is 0 Å². The number of amides is 3. The van der Waals surface area contributed by atoms with E-state index in [9.17, 15) is 14.0 Å². The van der Waals surface area contributed by atoms with Gasteiger partial charge in [-0.05, 0) is 38.0 Å². The minimum absolute atomic E-state index is 0.161. The number of urea groups is 1. The van der Waals surface area contributed by atoms with E-state index in [1.807, 2.05) is 0 Å². The second-order valence-electron chi connectivity index (χ2n) is 5.24. The third-order valence-electron chi connectivity index (χ3n) is 2.95. The van der Waals surface area contributed by atoms with Gasteiger partial charge >= 0.3 is 6.03 Å². The van der Waals surface area contributed by atoms with E-state index in [0.29, 0.717) is 13.0 Å². The predicted molar refractivity (Wildman–Crippen MR) is 74.5 cm³/mol. The molecule has 0 bridgehead atoms. The predicted octanol–water partition coefficient (Wildman–Crippen LogP) is 1.18. The third kappa shape index (κ3) is 5.26. The van der Waals surface area contributed by atoms with Gasteiger partial charge in [0.15, 0.2) is 0 Å². The third-order valence-corrected chi connectivity index (χ3v) is 2.95. The van der Waals surface area contributed by atoms with Crippen LogP contribution < -0.4 is 16.4 Å². The van der Waals surface area contributed by atoms with Gasteiger partial charge in [-0.25, -0.2) is 9.18 Å². The first kappa shape index (κ1) is 15.9. The summed E-state index contributed by atoms with van der Waals surface area (Å²) in [6, 6.07) is 5.83. The molecule has 0 atom stereocenters. The zero-order valence-corrected chi connectivity index (χ0v) is 11.7. The normalized spacial score (nSPS) is 10.9. The second-order valence-corrected chi connectivity index (χ2v) is 5.24. The number of halogens is 1. The van der Waals surface area contributed by atoms with Gasteiger partial charge in [-0.2, -0.15) is 0 Å². The Hall–Kier alpha value is -2.11. The molecule has 0 heterocycles. The Morgan fingerprint density at radius 2 is 2.00 bits per heavy atom. The Labute approximate surface area is 117 Å². The van der Waals surface area contributed by atoms with E-state index in [0.717, 1.165) is 5.56 Å². The Bertz CT molecular complexity index is 489. The molecule has 0 aliphatic rings. The molecule has 6 heteroatoms. The molecule has 3 amide bonds. The van der Waals surface area contributed by atoms with Crippen molar-refractivity contribution in [2.45, 2.75) is 20.3 Å². The molecule has 0 spiro atoms. The molecule has 1 aromatic rings. The second kappa shape index (κ2) is 6.88. The maximum absolute atomic E-state index is 12.9. The number of hydrogen-bond acceptors (Lipinski definition) is 2. The summed E-state index contributed by atoms with van der Waals surface area (Å²) < 4.78 is 12.9. The van der Waals surface area contributed by atoms with Crippen LogP contribution in [0.4, 0.5) is 9.18 Å². The van der Waals surface area contributed by atoms with Crippen molar-refractivity contribution in [1.29, 1.82) is 0 Å². The first-order valence-corrected chi connectivity index (χ1v) is 6.37. The highest BCUT2D eigenvalue weighted by molar-refractivity contribution is 5.81. The van der Waals surface area contributed by atoms with Crippen molar-refractivity contribution in [3.05, 3.63) is 35.6 Å². The van der Waals surface area contributed by atoms with Crippen LogP contribution in [-0.4, -0.2) is 25.0 Å². The van der Waals surface area contributed by atoms with Gasteiger partial charge in [0, 0.05) is 13.1 Å². The highest BCUT2D eigenvalue weighted by atomic mass is 19.1. The van der Waals surface area contributed by atoms with E-state index < -0.39 is 11.3 Å². The fourth-order valence-electron chi connectivity index (χ4n) is 1.46. The standard InChI is InChI=1S/C14H20FN3O2/c1-14(2,12(16)19)9-18-13(20)17-7-6-10-4-3-5-11(15)8-10/h3-5,8H,6-7,9H2,1-2H3,(H2,16,19)(H2,17,18,20). The van der Waals surface area contributed by atoms with Gasteiger partial charge in [0.1, 0.15) is 5.82 Å². The van der Waals surface area contributed by atoms with Crippen LogP contribution in [0.2, 0.25) is 0 Å². The molecule has 4 N–H and O–H groups in total. The molecular weight excluding hydrogens is 261 g/mol. The molecule has 0 aliphatic carbocycles. The lowest BCUT2D eigenvalue weighted by Crippen LogP contribution is -2.46. The van der Waals surface area contributed by atoms with Crippen molar-refractivity contribution in [2.75, 3.05) is 13.1 Å². The van der Waals surface area contributed by atoms with Crippen LogP contribution in [0.3, 0.4) is 0 Å². The first-order chi connectivity index (χ1) is 9.31. The first-order valence-electron chi connectivity index (χ1n) is 6.37. The van der Waals surface area contributed by atoms with Gasteiger partial charge in [-0.15, -0.1) is 0 Å². The van der Waals surface area contributed by atoms with E-state index >= 15 is 0 Å². The summed E-state index contributed by atoms with van der Waals surface area (Å²) in [5, 5.41) is 5.21. The van der Waals surface area contributed by atoms with Gasteiger partial charge in [-0.1, -0.05) is 12.1 Å². The monoisotopic (exact) mass is 281 g/mol. The van der Waals surface area contributed by atoms with Crippen LogP contribution in [0.1, 0.15) is 19.4 Å². The van der Waals surface area contributed by atoms with E-state index in [1.54, 1.807) is 26.0 Å². The number of nitrogens with two attached hydrogens (primary N) is 1. The zero-order valence-electron chi connectivity index (χ0n) is 11.7. The number of benzene rings is 1. The van der Waals surface area contributed by atoms with Crippen molar-refractivity contribution >= 4 is 11.9 Å². The summed E-state index contributed by atoms with van der Waals surface area (Å²) in [6.45, 7) is 3.85. The summed E-state index contributed by atoms with van der Waals surface area (Å²) in [5.41, 5.74) is 5.22. The molecule has 1 rings (SSSR count). The Morgan fingerprint density at radius 3 is 2.60 bits per heavy atom. The SMILES string of the molecule is CC(C)(CNC(=O)NCCc1cccc(F)c1)C(N)=O. The summed E-state index contributed by atoms with van der Waals surface area (Å²) in [4.78, 5) is 22.6. The van der Waals surface area contributed by atoms with Crippen molar-refractivity contribution in [2.24, 2.45) is 11.1 Å². The summed E-state index contributed by atoms with van der Waals surface area (Å²) >= 11 is 0. The fourth-order valence-corrected chi connectivity index (χ4v) is 1.46. The minimum Gasteiger partial charge on any atom is -0.369 e. The molecule has 110 valence electrons. The highest BCUT2D eigenvalue weighted by Crippen LogP contribution is 2.11. The molecule has 1 aromatic carbocycles. The van der Waals surface area contributed by atoms with Crippen molar-refractivity contribution in [3.8, 4) is 0 Å². The molecule has 0 aromatic heterocycles. The van der Waals surface area contributed by atoms with Gasteiger partial charge < -0.3 is 16.4 Å². The molecule has 0 radical (unpaired) electrons. The van der Waals surface area contributed by atoms with Crippen LogP contribution >= 0.6 is 0 Å². The van der Waals surface area contributed by atoms with Gasteiger partial charge in [-0.3, -0.25) is 4.79 Å². The van der Waals surface area contributed by atoms with E-state index in [1.165, 1.54) is 12.1 Å². The van der Waals surface area contributed by atoms with Gasteiger partial charge in [0.2, 0.25) is 5.91 Å². The van der Waals surface area contributed by atoms with Crippen LogP contribution in [0.25, 0.3) is 0 Å². The zero-order chi connectivity index (χ0) is 15.2. The Morgan fingerprint density at radius 1 is 1.30 bits per heavy atom. The summed E-state index contributed by atoms with van der Waals surface area (Å²) in [5.74, 6) is -0.771. The maximum Gasteiger partial charge on any atom is 0.314 e. The lowest BCUT2D eigenvalue weighted by Gasteiger charge is -2.20. The molecule has 0 fully saturated rings. The smallest absolute Gasteiger partial charge is 0.314 e. The molecule has 0 saturated carbocycles. The van der Waals surface area contributed by atoms with Crippen LogP contribution in [0.5, 0.6) is 0 Å². The van der Waals surface area contributed by atoms with Crippen molar-refractivity contribution < 1.29 is 14.0 Å². The lowest BCUT2D eigenvalue weighted by molar-refractivity contribution is -0.125. The quantitative estimate of drug-likeness (QED) is 0.731. The summed E-state index contributed by atoms with van der Waals surface area (Å²) in [6.07, 6.45) is 0.532. The number of carbonyl (C=O) groups is 2. The molecule has 0 aliphatic heterocycles. The minimum atomic E-state index is -0.792. The Balaban J connectivity index is 2.29. The molecular formula is C14H20FN3O2. The molecule has 5 nitrogen and oxygen atoms in total. The van der Waals surface area contributed by atoms with E-state index in [4.69, 9.17) is 5.73 Å². The maximum atomic E-state index is 12.9. The molecule has 0 unspecified atom stereocenters. The number of carbonyl (C=O) groups excluding carboxylic acids is 2. The lowest BCUT2D eigenvalue weighted by atomic mass is 9.93. The Kier molecular flexibility index (Phi) is 5.49. The molecule has 0 saturated heterocycles. The number of primary amides is 1.